The molecule has 1 aliphatic rings. The standard InChI is InChI=1S/C13H28N/c1-6-12(4)7-8-14(9-11(2)3)10-13(14)5/h11-13H,6-10H2,1-5H3/q+1. The van der Waals surface area contributed by atoms with Crippen LogP contribution in [0, 0.1) is 11.8 Å². The lowest BCUT2D eigenvalue weighted by Crippen LogP contribution is -2.34. The quantitative estimate of drug-likeness (QED) is 0.454. The van der Waals surface area contributed by atoms with Crippen molar-refractivity contribution in [2.75, 3.05) is 19.6 Å². The minimum Gasteiger partial charge on any atom is -0.312 e. The summed E-state index contributed by atoms with van der Waals surface area (Å²) in [6, 6.07) is 0.946. The summed E-state index contributed by atoms with van der Waals surface area (Å²) >= 11 is 0. The summed E-state index contributed by atoms with van der Waals surface area (Å²) in [6.07, 6.45) is 2.77. The molecule has 3 atom stereocenters. The van der Waals surface area contributed by atoms with Crippen LogP contribution in [0.15, 0.2) is 0 Å². The van der Waals surface area contributed by atoms with Gasteiger partial charge in [-0.05, 0) is 19.3 Å². The molecule has 0 N–H and O–H groups in total. The highest BCUT2D eigenvalue weighted by molar-refractivity contribution is 4.71. The minimum absolute atomic E-state index is 0.858. The topological polar surface area (TPSA) is 0 Å². The largest absolute Gasteiger partial charge is 0.312 e. The molecule has 0 saturated carbocycles. The number of hydrogen-bond donors (Lipinski definition) is 0. The van der Waals surface area contributed by atoms with Crippen LogP contribution in [0.25, 0.3) is 0 Å². The predicted molar refractivity (Wildman–Crippen MR) is 63.2 cm³/mol. The van der Waals surface area contributed by atoms with Crippen molar-refractivity contribution in [2.45, 2.75) is 53.5 Å². The predicted octanol–water partition coefficient (Wildman–Crippen LogP) is 3.30. The SMILES string of the molecule is CCC(C)CC[N+]1(CC(C)C)CC1C. The van der Waals surface area contributed by atoms with Crippen LogP contribution in [0.5, 0.6) is 0 Å². The highest BCUT2D eigenvalue weighted by Gasteiger charge is 2.50. The van der Waals surface area contributed by atoms with E-state index in [1.807, 2.05) is 0 Å². The van der Waals surface area contributed by atoms with Crippen molar-refractivity contribution in [3.63, 3.8) is 0 Å². The van der Waals surface area contributed by atoms with Gasteiger partial charge in [0.1, 0.15) is 12.6 Å². The van der Waals surface area contributed by atoms with E-state index in [0.29, 0.717) is 0 Å². The zero-order chi connectivity index (χ0) is 10.8. The molecule has 3 unspecified atom stereocenters. The van der Waals surface area contributed by atoms with Crippen LogP contribution in [0.4, 0.5) is 0 Å². The normalized spacial score (nSPS) is 33.4. The Kier molecular flexibility index (Phi) is 4.00. The van der Waals surface area contributed by atoms with E-state index in [0.717, 1.165) is 17.9 Å². The molecule has 1 heteroatoms. The lowest BCUT2D eigenvalue weighted by atomic mass is 10.0. The second kappa shape index (κ2) is 4.65. The molecule has 0 bridgehead atoms. The highest BCUT2D eigenvalue weighted by Crippen LogP contribution is 2.33. The van der Waals surface area contributed by atoms with Crippen molar-refractivity contribution < 1.29 is 4.48 Å². The maximum absolute atomic E-state index is 2.42. The molecule has 1 nitrogen and oxygen atoms in total. The Morgan fingerprint density at radius 1 is 1.29 bits per heavy atom. The van der Waals surface area contributed by atoms with E-state index in [1.54, 1.807) is 0 Å². The van der Waals surface area contributed by atoms with Crippen LogP contribution in [0.1, 0.15) is 47.5 Å². The first-order valence-electron chi connectivity index (χ1n) is 6.36. The van der Waals surface area contributed by atoms with Gasteiger partial charge >= 0.3 is 0 Å². The van der Waals surface area contributed by atoms with Gasteiger partial charge in [0.25, 0.3) is 0 Å². The fourth-order valence-electron chi connectivity index (χ4n) is 2.55. The van der Waals surface area contributed by atoms with Crippen LogP contribution >= 0.6 is 0 Å². The Bertz CT molecular complexity index is 176. The maximum atomic E-state index is 2.42. The summed E-state index contributed by atoms with van der Waals surface area (Å²) < 4.78 is 1.42. The smallest absolute Gasteiger partial charge is 0.136 e. The Labute approximate surface area is 90.1 Å². The third-order valence-electron chi connectivity index (χ3n) is 3.92. The Hall–Kier alpha value is -0.0400. The summed E-state index contributed by atoms with van der Waals surface area (Å²) in [5, 5.41) is 0. The first-order valence-corrected chi connectivity index (χ1v) is 6.36. The van der Waals surface area contributed by atoms with Gasteiger partial charge in [0.05, 0.1) is 13.1 Å². The van der Waals surface area contributed by atoms with E-state index in [4.69, 9.17) is 0 Å². The highest BCUT2D eigenvalue weighted by atomic mass is 15.5. The van der Waals surface area contributed by atoms with Crippen LogP contribution in [-0.2, 0) is 0 Å². The van der Waals surface area contributed by atoms with Gasteiger partial charge in [-0.3, -0.25) is 0 Å². The number of nitrogens with zero attached hydrogens (tertiary/aromatic N) is 1. The third kappa shape index (κ3) is 2.98. The zero-order valence-corrected chi connectivity index (χ0v) is 10.7. The molecular weight excluding hydrogens is 170 g/mol. The average molecular weight is 198 g/mol. The second-order valence-corrected chi connectivity index (χ2v) is 5.85. The van der Waals surface area contributed by atoms with Gasteiger partial charge in [0.15, 0.2) is 0 Å². The van der Waals surface area contributed by atoms with Gasteiger partial charge in [-0.1, -0.05) is 34.1 Å². The monoisotopic (exact) mass is 198 g/mol. The van der Waals surface area contributed by atoms with Gasteiger partial charge in [0, 0.05) is 5.92 Å². The van der Waals surface area contributed by atoms with E-state index in [9.17, 15) is 0 Å². The van der Waals surface area contributed by atoms with Gasteiger partial charge in [-0.2, -0.15) is 0 Å². The molecule has 1 saturated heterocycles. The second-order valence-electron chi connectivity index (χ2n) is 5.85. The number of rotatable bonds is 6. The average Bonchev–Trinajstić information content (AvgIpc) is 2.72. The number of quaternary nitrogens is 1. The summed E-state index contributed by atoms with van der Waals surface area (Å²) in [7, 11) is 0. The maximum Gasteiger partial charge on any atom is 0.136 e. The molecule has 84 valence electrons. The summed E-state index contributed by atoms with van der Waals surface area (Å²) in [5.74, 6) is 1.78. The van der Waals surface area contributed by atoms with Gasteiger partial charge in [0.2, 0.25) is 0 Å². The van der Waals surface area contributed by atoms with Crippen LogP contribution < -0.4 is 0 Å². The lowest BCUT2D eigenvalue weighted by molar-refractivity contribution is -0.817. The van der Waals surface area contributed by atoms with E-state index >= 15 is 0 Å². The van der Waals surface area contributed by atoms with Gasteiger partial charge in [-0.15, -0.1) is 0 Å². The molecule has 0 spiro atoms. The van der Waals surface area contributed by atoms with Crippen molar-refractivity contribution in [3.05, 3.63) is 0 Å². The first-order chi connectivity index (χ1) is 6.50. The van der Waals surface area contributed by atoms with Crippen LogP contribution in [0.3, 0.4) is 0 Å². The van der Waals surface area contributed by atoms with Crippen LogP contribution in [0.2, 0.25) is 0 Å². The molecule has 1 fully saturated rings. The molecule has 1 aliphatic heterocycles. The Balaban J connectivity index is 2.32. The lowest BCUT2D eigenvalue weighted by Gasteiger charge is -2.23. The van der Waals surface area contributed by atoms with E-state index < -0.39 is 0 Å². The van der Waals surface area contributed by atoms with Crippen molar-refractivity contribution in [2.24, 2.45) is 11.8 Å². The molecule has 14 heavy (non-hydrogen) atoms. The summed E-state index contributed by atoms with van der Waals surface area (Å²) in [6.45, 7) is 16.1. The van der Waals surface area contributed by atoms with Gasteiger partial charge in [-0.25, -0.2) is 0 Å². The van der Waals surface area contributed by atoms with Crippen molar-refractivity contribution >= 4 is 0 Å². The minimum atomic E-state index is 0.858. The molecule has 1 heterocycles. The summed E-state index contributed by atoms with van der Waals surface area (Å²) in [5.41, 5.74) is 0. The Morgan fingerprint density at radius 3 is 2.21 bits per heavy atom. The summed E-state index contributed by atoms with van der Waals surface area (Å²) in [4.78, 5) is 0. The molecule has 0 aliphatic carbocycles. The first kappa shape index (κ1) is 12.0. The molecule has 1 rings (SSSR count). The fourth-order valence-corrected chi connectivity index (χ4v) is 2.55. The van der Waals surface area contributed by atoms with E-state index in [1.165, 1.54) is 37.0 Å². The molecule has 0 aromatic heterocycles. The molecule has 0 amide bonds. The van der Waals surface area contributed by atoms with Crippen molar-refractivity contribution in [1.82, 2.24) is 0 Å². The Morgan fingerprint density at radius 2 is 1.86 bits per heavy atom. The van der Waals surface area contributed by atoms with Gasteiger partial charge < -0.3 is 4.48 Å². The fraction of sp³-hybridized carbons (Fsp3) is 1.00. The van der Waals surface area contributed by atoms with E-state index in [-0.39, 0.29) is 0 Å². The molecule has 0 aromatic rings. The van der Waals surface area contributed by atoms with E-state index in [2.05, 4.69) is 34.6 Å². The number of hydrogen-bond acceptors (Lipinski definition) is 0. The third-order valence-corrected chi connectivity index (χ3v) is 3.92. The molecule has 0 aromatic carbocycles. The zero-order valence-electron chi connectivity index (χ0n) is 10.7. The molecular formula is C13H28N+. The van der Waals surface area contributed by atoms with Crippen molar-refractivity contribution in [3.8, 4) is 0 Å². The van der Waals surface area contributed by atoms with Crippen molar-refractivity contribution in [1.29, 1.82) is 0 Å². The van der Waals surface area contributed by atoms with Crippen LogP contribution in [-0.4, -0.2) is 30.2 Å². The molecule has 0 radical (unpaired) electrons.